The van der Waals surface area contributed by atoms with Crippen LogP contribution < -0.4 is 5.43 Å². The maximum atomic E-state index is 12.2. The van der Waals surface area contributed by atoms with Crippen LogP contribution in [0.5, 0.6) is 0 Å². The molecule has 0 spiro atoms. The maximum Gasteiger partial charge on any atom is 0.189 e. The van der Waals surface area contributed by atoms with Crippen molar-refractivity contribution in [3.63, 3.8) is 0 Å². The fourth-order valence-electron chi connectivity index (χ4n) is 3.51. The summed E-state index contributed by atoms with van der Waals surface area (Å²) >= 11 is 0. The van der Waals surface area contributed by atoms with E-state index in [0.29, 0.717) is 12.7 Å². The lowest BCUT2D eigenvalue weighted by atomic mass is 10.1. The lowest BCUT2D eigenvalue weighted by Gasteiger charge is -2.31. The second-order valence-electron chi connectivity index (χ2n) is 6.85. The van der Waals surface area contributed by atoms with Gasteiger partial charge in [-0.2, -0.15) is 0 Å². The van der Waals surface area contributed by atoms with E-state index < -0.39 is 0 Å². The summed E-state index contributed by atoms with van der Waals surface area (Å²) in [5, 5.41) is 0.749. The van der Waals surface area contributed by atoms with Gasteiger partial charge >= 0.3 is 0 Å². The molecule has 0 bridgehead atoms. The topological polar surface area (TPSA) is 58.2 Å². The second kappa shape index (κ2) is 7.81. The van der Waals surface area contributed by atoms with Gasteiger partial charge in [0, 0.05) is 54.7 Å². The molecule has 3 aromatic rings. The van der Waals surface area contributed by atoms with Gasteiger partial charge in [-0.05, 0) is 36.6 Å². The highest BCUT2D eigenvalue weighted by atomic mass is 16.5. The molecule has 1 saturated heterocycles. The summed E-state index contributed by atoms with van der Waals surface area (Å²) in [7, 11) is 0. The van der Waals surface area contributed by atoms with Gasteiger partial charge in [-0.15, -0.1) is 0 Å². The summed E-state index contributed by atoms with van der Waals surface area (Å²) in [5.74, 6) is 0. The number of benzene rings is 1. The normalized spacial score (nSPS) is 16.2. The molecule has 0 saturated carbocycles. The first kappa shape index (κ1) is 16.9. The number of H-pyrrole nitrogens is 1. The van der Waals surface area contributed by atoms with E-state index in [1.807, 2.05) is 42.6 Å². The molecule has 0 amide bonds. The number of hydrogen-bond donors (Lipinski definition) is 1. The van der Waals surface area contributed by atoms with Gasteiger partial charge in [0.2, 0.25) is 0 Å². The Morgan fingerprint density at radius 3 is 2.81 bits per heavy atom. The zero-order valence-corrected chi connectivity index (χ0v) is 14.7. The standard InChI is InChI=1S/C21H23N3O2/c25-21-12-17(23-20-6-2-1-5-19(20)21)14-24-10-7-18(8-11-24)26-15-16-4-3-9-22-13-16/h1-6,9,12-13,18H,7-8,10-11,14-15H2,(H,23,25). The van der Waals surface area contributed by atoms with Crippen LogP contribution in [-0.2, 0) is 17.9 Å². The van der Waals surface area contributed by atoms with Crippen molar-refractivity contribution in [2.75, 3.05) is 13.1 Å². The van der Waals surface area contributed by atoms with E-state index in [2.05, 4.69) is 14.9 Å². The van der Waals surface area contributed by atoms with Crippen LogP contribution >= 0.6 is 0 Å². The van der Waals surface area contributed by atoms with Gasteiger partial charge in [0.15, 0.2) is 5.43 Å². The molecule has 0 unspecified atom stereocenters. The van der Waals surface area contributed by atoms with Crippen molar-refractivity contribution >= 4 is 10.9 Å². The molecule has 2 aromatic heterocycles. The molecule has 5 nitrogen and oxygen atoms in total. The number of fused-ring (bicyclic) bond motifs is 1. The second-order valence-corrected chi connectivity index (χ2v) is 6.85. The van der Waals surface area contributed by atoms with Crippen molar-refractivity contribution in [1.29, 1.82) is 0 Å². The number of pyridine rings is 2. The average molecular weight is 349 g/mol. The van der Waals surface area contributed by atoms with E-state index in [-0.39, 0.29) is 5.43 Å². The van der Waals surface area contributed by atoms with Crippen LogP contribution in [0.4, 0.5) is 0 Å². The molecule has 1 aromatic carbocycles. The maximum absolute atomic E-state index is 12.2. The number of likely N-dealkylation sites (tertiary alicyclic amines) is 1. The molecule has 1 aliphatic heterocycles. The molecule has 0 atom stereocenters. The van der Waals surface area contributed by atoms with E-state index >= 15 is 0 Å². The minimum atomic E-state index is 0.0871. The highest BCUT2D eigenvalue weighted by Gasteiger charge is 2.20. The predicted molar refractivity (Wildman–Crippen MR) is 102 cm³/mol. The zero-order chi connectivity index (χ0) is 17.8. The molecule has 4 rings (SSSR count). The Balaban J connectivity index is 1.32. The van der Waals surface area contributed by atoms with E-state index in [1.165, 1.54) is 0 Å². The largest absolute Gasteiger partial charge is 0.373 e. The number of nitrogens with one attached hydrogen (secondary N) is 1. The summed E-state index contributed by atoms with van der Waals surface area (Å²) in [6.07, 6.45) is 5.95. The van der Waals surface area contributed by atoms with Gasteiger partial charge in [0.25, 0.3) is 0 Å². The number of ether oxygens (including phenoxy) is 1. The summed E-state index contributed by atoms with van der Waals surface area (Å²) in [6.45, 7) is 3.35. The van der Waals surface area contributed by atoms with Gasteiger partial charge in [-0.25, -0.2) is 0 Å². The van der Waals surface area contributed by atoms with Crippen LogP contribution in [0.2, 0.25) is 0 Å². The third kappa shape index (κ3) is 4.00. The molecule has 1 N–H and O–H groups in total. The third-order valence-electron chi connectivity index (χ3n) is 4.93. The van der Waals surface area contributed by atoms with Crippen LogP contribution in [-0.4, -0.2) is 34.1 Å². The van der Waals surface area contributed by atoms with E-state index in [0.717, 1.165) is 54.6 Å². The Hall–Kier alpha value is -2.50. The first-order valence-corrected chi connectivity index (χ1v) is 9.12. The van der Waals surface area contributed by atoms with Crippen molar-refractivity contribution in [3.05, 3.63) is 76.3 Å². The predicted octanol–water partition coefficient (Wildman–Crippen LogP) is 3.10. The minimum absolute atomic E-state index is 0.0871. The number of aromatic amines is 1. The van der Waals surface area contributed by atoms with Crippen molar-refractivity contribution in [2.24, 2.45) is 0 Å². The fraction of sp³-hybridized carbons (Fsp3) is 0.333. The van der Waals surface area contributed by atoms with Crippen molar-refractivity contribution in [3.8, 4) is 0 Å². The Morgan fingerprint density at radius 1 is 1.15 bits per heavy atom. The van der Waals surface area contributed by atoms with Gasteiger partial charge < -0.3 is 9.72 Å². The van der Waals surface area contributed by atoms with Crippen molar-refractivity contribution < 1.29 is 4.74 Å². The highest BCUT2D eigenvalue weighted by Crippen LogP contribution is 2.17. The Bertz CT molecular complexity index is 915. The smallest absolute Gasteiger partial charge is 0.189 e. The molecule has 5 heteroatoms. The van der Waals surface area contributed by atoms with Crippen LogP contribution in [0.1, 0.15) is 24.1 Å². The first-order chi connectivity index (χ1) is 12.8. The summed E-state index contributed by atoms with van der Waals surface area (Å²) in [4.78, 5) is 22.1. The SMILES string of the molecule is O=c1cc(CN2CCC(OCc3cccnc3)CC2)[nH]c2ccccc12. The number of aromatic nitrogens is 2. The molecule has 0 radical (unpaired) electrons. The molecule has 0 aliphatic carbocycles. The highest BCUT2D eigenvalue weighted by molar-refractivity contribution is 5.78. The van der Waals surface area contributed by atoms with E-state index in [4.69, 9.17) is 4.74 Å². The number of piperidine rings is 1. The molecule has 26 heavy (non-hydrogen) atoms. The summed E-state index contributed by atoms with van der Waals surface area (Å²) in [5.41, 5.74) is 3.08. The average Bonchev–Trinajstić information content (AvgIpc) is 2.68. The van der Waals surface area contributed by atoms with Gasteiger partial charge in [0.05, 0.1) is 12.7 Å². The van der Waals surface area contributed by atoms with Crippen LogP contribution in [0.3, 0.4) is 0 Å². The fourth-order valence-corrected chi connectivity index (χ4v) is 3.51. The van der Waals surface area contributed by atoms with Gasteiger partial charge in [-0.3, -0.25) is 14.7 Å². The van der Waals surface area contributed by atoms with Crippen LogP contribution in [0.25, 0.3) is 10.9 Å². The van der Waals surface area contributed by atoms with Crippen LogP contribution in [0, 0.1) is 0 Å². The summed E-state index contributed by atoms with van der Waals surface area (Å²) in [6, 6.07) is 13.4. The summed E-state index contributed by atoms with van der Waals surface area (Å²) < 4.78 is 6.02. The number of rotatable bonds is 5. The molecule has 134 valence electrons. The lowest BCUT2D eigenvalue weighted by Crippen LogP contribution is -2.36. The first-order valence-electron chi connectivity index (χ1n) is 9.12. The van der Waals surface area contributed by atoms with Crippen LogP contribution in [0.15, 0.2) is 59.7 Å². The number of para-hydroxylation sites is 1. The van der Waals surface area contributed by atoms with Gasteiger partial charge in [-0.1, -0.05) is 18.2 Å². The monoisotopic (exact) mass is 349 g/mol. The molecule has 3 heterocycles. The van der Waals surface area contributed by atoms with E-state index in [1.54, 1.807) is 12.3 Å². The number of hydrogen-bond acceptors (Lipinski definition) is 4. The van der Waals surface area contributed by atoms with Crippen molar-refractivity contribution in [1.82, 2.24) is 14.9 Å². The molecular formula is C21H23N3O2. The Morgan fingerprint density at radius 2 is 2.00 bits per heavy atom. The van der Waals surface area contributed by atoms with Gasteiger partial charge in [0.1, 0.15) is 0 Å². The lowest BCUT2D eigenvalue weighted by molar-refractivity contribution is -0.00423. The number of nitrogens with zero attached hydrogens (tertiary/aromatic N) is 2. The Kier molecular flexibility index (Phi) is 5.09. The molecule has 1 aliphatic rings. The van der Waals surface area contributed by atoms with Crippen molar-refractivity contribution in [2.45, 2.75) is 32.1 Å². The minimum Gasteiger partial charge on any atom is -0.373 e. The van der Waals surface area contributed by atoms with E-state index in [9.17, 15) is 4.79 Å². The molecular weight excluding hydrogens is 326 g/mol. The quantitative estimate of drug-likeness (QED) is 0.769. The Labute approximate surface area is 152 Å². The molecule has 1 fully saturated rings. The zero-order valence-electron chi connectivity index (χ0n) is 14.7. The third-order valence-corrected chi connectivity index (χ3v) is 4.93.